The third kappa shape index (κ3) is 27.7. The molecule has 0 radical (unpaired) electrons. The fourth-order valence-electron chi connectivity index (χ4n) is 2.10. The van der Waals surface area contributed by atoms with Crippen LogP contribution in [0.5, 0.6) is 0 Å². The highest BCUT2D eigenvalue weighted by molar-refractivity contribution is 5.85. The van der Waals surface area contributed by atoms with E-state index in [4.69, 9.17) is 20.7 Å². The summed E-state index contributed by atoms with van der Waals surface area (Å²) < 4.78 is 9.39. The van der Waals surface area contributed by atoms with E-state index in [-0.39, 0.29) is 30.4 Å². The zero-order valence-corrected chi connectivity index (χ0v) is 21.5. The molecule has 0 aromatic carbocycles. The van der Waals surface area contributed by atoms with Gasteiger partial charge in [0, 0.05) is 20.0 Å². The number of hydrogen-bond acceptors (Lipinski definition) is 9. The second-order valence-corrected chi connectivity index (χ2v) is 7.86. The van der Waals surface area contributed by atoms with E-state index < -0.39 is 35.7 Å². The lowest BCUT2D eigenvalue weighted by Gasteiger charge is -2.21. The van der Waals surface area contributed by atoms with Crippen LogP contribution >= 0.6 is 12.4 Å². The summed E-state index contributed by atoms with van der Waals surface area (Å²) >= 11 is 0. The van der Waals surface area contributed by atoms with E-state index in [0.29, 0.717) is 32.1 Å². The van der Waals surface area contributed by atoms with Gasteiger partial charge < -0.3 is 40.3 Å². The first kappa shape index (κ1) is 38.0. The van der Waals surface area contributed by atoms with Crippen molar-refractivity contribution in [2.75, 3.05) is 14.2 Å². The smallest absolute Gasteiger partial charge is 0.408 e. The van der Waals surface area contributed by atoms with Crippen molar-refractivity contribution in [3.05, 3.63) is 0 Å². The summed E-state index contributed by atoms with van der Waals surface area (Å²) in [5.74, 6) is -1.44. The van der Waals surface area contributed by atoms with E-state index in [9.17, 15) is 24.0 Å². The molecule has 196 valence electrons. The number of carbonyl (C=O) groups is 5. The van der Waals surface area contributed by atoms with Gasteiger partial charge in [0.05, 0.1) is 7.11 Å². The highest BCUT2D eigenvalue weighted by Gasteiger charge is 2.23. The molecule has 0 aliphatic carbocycles. The SMILES string of the molecule is CC(=O)CCC[C@H](NC(=O)OC(C)(C)C)C(=O)O.CO.COC(=O)[C@@H](N)CCCC(C)=O.Cl. The number of hydrogen-bond donors (Lipinski definition) is 4. The van der Waals surface area contributed by atoms with Crippen molar-refractivity contribution in [2.24, 2.45) is 5.73 Å². The largest absolute Gasteiger partial charge is 0.480 e. The lowest BCUT2D eigenvalue weighted by atomic mass is 10.1. The zero-order chi connectivity index (χ0) is 25.9. The summed E-state index contributed by atoms with van der Waals surface area (Å²) in [5, 5.41) is 18.2. The minimum Gasteiger partial charge on any atom is -0.480 e. The Kier molecular flexibility index (Phi) is 24.9. The number of ether oxygens (including phenoxy) is 2. The molecule has 5 N–H and O–H groups in total. The molecule has 0 heterocycles. The number of carboxylic acids is 1. The monoisotopic (exact) mass is 500 g/mol. The molecule has 0 rings (SSSR count). The number of nitrogens with one attached hydrogen (secondary N) is 1. The first-order valence-corrected chi connectivity index (χ1v) is 10.2. The Balaban J connectivity index is -0.000000245. The van der Waals surface area contributed by atoms with Gasteiger partial charge in [-0.3, -0.25) is 4.79 Å². The van der Waals surface area contributed by atoms with Gasteiger partial charge in [-0.05, 0) is 60.3 Å². The molecule has 12 heteroatoms. The Morgan fingerprint density at radius 2 is 1.36 bits per heavy atom. The van der Waals surface area contributed by atoms with Gasteiger partial charge in [0.1, 0.15) is 29.3 Å². The van der Waals surface area contributed by atoms with E-state index >= 15 is 0 Å². The maximum absolute atomic E-state index is 11.4. The van der Waals surface area contributed by atoms with Gasteiger partial charge in [-0.1, -0.05) is 0 Å². The summed E-state index contributed by atoms with van der Waals surface area (Å²) in [7, 11) is 2.30. The fraction of sp³-hybridized carbons (Fsp3) is 0.762. The Bertz CT molecular complexity index is 593. The number of alkyl carbamates (subject to hydrolysis) is 1. The van der Waals surface area contributed by atoms with Crippen LogP contribution < -0.4 is 11.1 Å². The summed E-state index contributed by atoms with van der Waals surface area (Å²) in [6, 6.07) is -1.62. The van der Waals surface area contributed by atoms with Crippen molar-refractivity contribution >= 4 is 42.0 Å². The number of aliphatic hydroxyl groups excluding tert-OH is 1. The second kappa shape index (κ2) is 21.6. The molecule has 0 spiro atoms. The molecule has 0 saturated carbocycles. The lowest BCUT2D eigenvalue weighted by molar-refractivity contribution is -0.142. The number of amides is 1. The molecule has 0 unspecified atom stereocenters. The molecule has 0 fully saturated rings. The highest BCUT2D eigenvalue weighted by Crippen LogP contribution is 2.08. The van der Waals surface area contributed by atoms with Crippen LogP contribution in [0.15, 0.2) is 0 Å². The predicted octanol–water partition coefficient (Wildman–Crippen LogP) is 2.00. The average molecular weight is 501 g/mol. The van der Waals surface area contributed by atoms with Crippen molar-refractivity contribution in [2.45, 2.75) is 90.8 Å². The fourth-order valence-corrected chi connectivity index (χ4v) is 2.10. The topological polar surface area (TPSA) is 182 Å². The van der Waals surface area contributed by atoms with Crippen molar-refractivity contribution < 1.29 is 43.7 Å². The molecule has 33 heavy (non-hydrogen) atoms. The van der Waals surface area contributed by atoms with E-state index in [1.807, 2.05) is 0 Å². The Hall–Kier alpha value is -2.24. The van der Waals surface area contributed by atoms with Crippen molar-refractivity contribution in [1.82, 2.24) is 5.32 Å². The van der Waals surface area contributed by atoms with Crippen LogP contribution in [0.2, 0.25) is 0 Å². The molecule has 0 bridgehead atoms. The summed E-state index contributed by atoms with van der Waals surface area (Å²) in [6.45, 7) is 8.04. The maximum Gasteiger partial charge on any atom is 0.408 e. The molecule has 2 atom stereocenters. The first-order valence-electron chi connectivity index (χ1n) is 10.2. The molecule has 0 aromatic heterocycles. The van der Waals surface area contributed by atoms with Crippen molar-refractivity contribution in [3.63, 3.8) is 0 Å². The summed E-state index contributed by atoms with van der Waals surface area (Å²) in [6.07, 6.45) is 1.79. The van der Waals surface area contributed by atoms with Crippen LogP contribution in [0.25, 0.3) is 0 Å². The van der Waals surface area contributed by atoms with Crippen LogP contribution in [0.4, 0.5) is 4.79 Å². The van der Waals surface area contributed by atoms with E-state index in [1.165, 1.54) is 21.0 Å². The standard InChI is InChI=1S/C12H21NO5.C8H15NO3.CH4O.ClH/c1-8(14)6-5-7-9(10(15)16)13-11(17)18-12(2,3)4;1-6(10)4-3-5-7(9)8(11)12-2;1-2;/h9H,5-7H2,1-4H3,(H,13,17)(H,15,16);7H,3-5,9H2,1-2H3;2H,1H3;1H/t9-;7-;;/m00../s1. The number of esters is 1. The molecule has 0 saturated heterocycles. The predicted molar refractivity (Wildman–Crippen MR) is 125 cm³/mol. The van der Waals surface area contributed by atoms with E-state index in [0.717, 1.165) is 7.11 Å². The van der Waals surface area contributed by atoms with Crippen LogP contribution in [0, 0.1) is 0 Å². The van der Waals surface area contributed by atoms with Gasteiger partial charge >= 0.3 is 18.0 Å². The number of ketones is 2. The first-order chi connectivity index (χ1) is 14.7. The number of halogens is 1. The molecular formula is C21H41ClN2O9. The zero-order valence-electron chi connectivity index (χ0n) is 20.6. The number of rotatable bonds is 11. The number of aliphatic hydroxyl groups is 1. The number of methoxy groups -OCH3 is 1. The highest BCUT2D eigenvalue weighted by atomic mass is 35.5. The number of Topliss-reactive ketones (excluding diaryl/α,β-unsaturated/α-hetero) is 2. The molecule has 11 nitrogen and oxygen atoms in total. The van der Waals surface area contributed by atoms with Crippen molar-refractivity contribution in [3.8, 4) is 0 Å². The van der Waals surface area contributed by atoms with E-state index in [1.54, 1.807) is 20.8 Å². The Labute approximate surface area is 202 Å². The number of nitrogens with two attached hydrogens (primary N) is 1. The van der Waals surface area contributed by atoms with Crippen LogP contribution in [-0.2, 0) is 28.7 Å². The minimum absolute atomic E-state index is 0. The molecule has 0 aliphatic heterocycles. The Morgan fingerprint density at radius 3 is 1.70 bits per heavy atom. The van der Waals surface area contributed by atoms with Gasteiger partial charge in [0.2, 0.25) is 0 Å². The van der Waals surface area contributed by atoms with Gasteiger partial charge in [-0.2, -0.15) is 0 Å². The van der Waals surface area contributed by atoms with Gasteiger partial charge in [0.25, 0.3) is 0 Å². The van der Waals surface area contributed by atoms with Gasteiger partial charge in [-0.15, -0.1) is 12.4 Å². The summed E-state index contributed by atoms with van der Waals surface area (Å²) in [5.41, 5.74) is 4.75. The molecule has 0 aromatic rings. The molecule has 1 amide bonds. The third-order valence-electron chi connectivity index (χ3n) is 3.56. The van der Waals surface area contributed by atoms with Gasteiger partial charge in [0.15, 0.2) is 0 Å². The maximum atomic E-state index is 11.4. The molecular weight excluding hydrogens is 460 g/mol. The lowest BCUT2D eigenvalue weighted by Crippen LogP contribution is -2.43. The summed E-state index contributed by atoms with van der Waals surface area (Å²) in [4.78, 5) is 54.3. The normalized spacial score (nSPS) is 11.5. The Morgan fingerprint density at radius 1 is 0.939 bits per heavy atom. The second-order valence-electron chi connectivity index (χ2n) is 7.86. The van der Waals surface area contributed by atoms with Crippen molar-refractivity contribution in [1.29, 1.82) is 0 Å². The molecule has 0 aliphatic rings. The van der Waals surface area contributed by atoms with Crippen LogP contribution in [0.3, 0.4) is 0 Å². The third-order valence-corrected chi connectivity index (χ3v) is 3.56. The number of carbonyl (C=O) groups excluding carboxylic acids is 4. The number of carboxylic acid groups (broad SMARTS) is 1. The average Bonchev–Trinajstić information content (AvgIpc) is 2.66. The van der Waals surface area contributed by atoms with Crippen LogP contribution in [0.1, 0.15) is 73.1 Å². The quantitative estimate of drug-likeness (QED) is 0.306. The van der Waals surface area contributed by atoms with Gasteiger partial charge in [-0.25, -0.2) is 9.59 Å². The minimum atomic E-state index is -1.13. The van der Waals surface area contributed by atoms with E-state index in [2.05, 4.69) is 10.1 Å². The van der Waals surface area contributed by atoms with Crippen LogP contribution in [-0.4, -0.2) is 71.7 Å². The number of aliphatic carboxylic acids is 1.